The standard InChI is InChI=1S/C16H15N3O2S/c1-10-15(20)19-13-9-12(7-8-14(13)22-10)18-16(21)17-11-5-3-2-4-6-11/h2-10H,1H3,(H,19,20)(H2,17,18,21). The van der Waals surface area contributed by atoms with Crippen molar-refractivity contribution in [2.24, 2.45) is 0 Å². The van der Waals surface area contributed by atoms with Crippen LogP contribution in [-0.2, 0) is 4.79 Å². The van der Waals surface area contributed by atoms with Gasteiger partial charge < -0.3 is 16.0 Å². The van der Waals surface area contributed by atoms with Crippen LogP contribution in [0.15, 0.2) is 53.4 Å². The Bertz CT molecular complexity index is 719. The molecule has 1 aliphatic rings. The molecular weight excluding hydrogens is 298 g/mol. The van der Waals surface area contributed by atoms with Crippen LogP contribution in [0.25, 0.3) is 0 Å². The second-order valence-electron chi connectivity index (χ2n) is 4.91. The first-order chi connectivity index (χ1) is 10.6. The molecule has 3 N–H and O–H groups in total. The zero-order valence-electron chi connectivity index (χ0n) is 11.9. The minimum atomic E-state index is -0.325. The van der Waals surface area contributed by atoms with E-state index in [0.717, 1.165) is 16.3 Å². The number of fused-ring (bicyclic) bond motifs is 1. The van der Waals surface area contributed by atoms with Gasteiger partial charge in [-0.15, -0.1) is 11.8 Å². The molecule has 2 aromatic rings. The van der Waals surface area contributed by atoms with Gasteiger partial charge in [-0.1, -0.05) is 18.2 Å². The maximum Gasteiger partial charge on any atom is 0.323 e. The fraction of sp³-hybridized carbons (Fsp3) is 0.125. The lowest BCUT2D eigenvalue weighted by molar-refractivity contribution is -0.115. The lowest BCUT2D eigenvalue weighted by Crippen LogP contribution is -2.26. The average molecular weight is 313 g/mol. The Hall–Kier alpha value is -2.47. The van der Waals surface area contributed by atoms with Crippen LogP contribution in [0.1, 0.15) is 6.92 Å². The molecule has 0 radical (unpaired) electrons. The van der Waals surface area contributed by atoms with E-state index in [4.69, 9.17) is 0 Å². The maximum atomic E-state index is 12.0. The topological polar surface area (TPSA) is 70.2 Å². The third kappa shape index (κ3) is 3.23. The van der Waals surface area contributed by atoms with Crippen molar-refractivity contribution in [1.82, 2.24) is 0 Å². The van der Waals surface area contributed by atoms with Gasteiger partial charge in [0.25, 0.3) is 0 Å². The van der Waals surface area contributed by atoms with Crippen LogP contribution in [0, 0.1) is 0 Å². The Morgan fingerprint density at radius 1 is 1.09 bits per heavy atom. The third-order valence-corrected chi connectivity index (χ3v) is 4.38. The maximum absolute atomic E-state index is 12.0. The predicted molar refractivity (Wildman–Crippen MR) is 89.5 cm³/mol. The number of anilines is 3. The van der Waals surface area contributed by atoms with Gasteiger partial charge in [-0.2, -0.15) is 0 Å². The van der Waals surface area contributed by atoms with Crippen molar-refractivity contribution in [3.8, 4) is 0 Å². The summed E-state index contributed by atoms with van der Waals surface area (Å²) in [5.41, 5.74) is 2.07. The van der Waals surface area contributed by atoms with Crippen LogP contribution in [0.4, 0.5) is 21.9 Å². The lowest BCUT2D eigenvalue weighted by atomic mass is 10.2. The summed E-state index contributed by atoms with van der Waals surface area (Å²) in [7, 11) is 0. The second kappa shape index (κ2) is 6.11. The molecule has 1 unspecified atom stereocenters. The first-order valence-electron chi connectivity index (χ1n) is 6.86. The molecule has 1 heterocycles. The monoisotopic (exact) mass is 313 g/mol. The number of benzene rings is 2. The largest absolute Gasteiger partial charge is 0.324 e. The molecular formula is C16H15N3O2S. The van der Waals surface area contributed by atoms with Crippen LogP contribution >= 0.6 is 11.8 Å². The number of carbonyl (C=O) groups is 2. The first kappa shape index (κ1) is 14.5. The van der Waals surface area contributed by atoms with E-state index in [-0.39, 0.29) is 17.2 Å². The Morgan fingerprint density at radius 3 is 2.59 bits per heavy atom. The molecule has 112 valence electrons. The van der Waals surface area contributed by atoms with Crippen molar-refractivity contribution in [1.29, 1.82) is 0 Å². The van der Waals surface area contributed by atoms with Crippen LogP contribution in [0.5, 0.6) is 0 Å². The molecule has 2 aromatic carbocycles. The Morgan fingerprint density at radius 2 is 1.82 bits per heavy atom. The quantitative estimate of drug-likeness (QED) is 0.790. The van der Waals surface area contributed by atoms with E-state index in [2.05, 4.69) is 16.0 Å². The number of hydrogen-bond acceptors (Lipinski definition) is 3. The third-order valence-electron chi connectivity index (χ3n) is 3.20. The van der Waals surface area contributed by atoms with E-state index < -0.39 is 0 Å². The fourth-order valence-electron chi connectivity index (χ4n) is 2.10. The number of urea groups is 1. The van der Waals surface area contributed by atoms with E-state index in [0.29, 0.717) is 5.69 Å². The van der Waals surface area contributed by atoms with Crippen molar-refractivity contribution in [2.45, 2.75) is 17.1 Å². The average Bonchev–Trinajstić information content (AvgIpc) is 2.49. The number of hydrogen-bond donors (Lipinski definition) is 3. The van der Waals surface area contributed by atoms with Crippen molar-refractivity contribution in [3.63, 3.8) is 0 Å². The highest BCUT2D eigenvalue weighted by Gasteiger charge is 2.23. The van der Waals surface area contributed by atoms with Gasteiger partial charge in [0.05, 0.1) is 10.9 Å². The van der Waals surface area contributed by atoms with Gasteiger partial charge in [0, 0.05) is 16.3 Å². The molecule has 0 fully saturated rings. The Balaban J connectivity index is 1.70. The smallest absolute Gasteiger partial charge is 0.323 e. The summed E-state index contributed by atoms with van der Waals surface area (Å²) in [4.78, 5) is 24.7. The van der Waals surface area contributed by atoms with Gasteiger partial charge >= 0.3 is 6.03 Å². The molecule has 0 spiro atoms. The van der Waals surface area contributed by atoms with Gasteiger partial charge in [0.2, 0.25) is 5.91 Å². The summed E-state index contributed by atoms with van der Waals surface area (Å²) in [5, 5.41) is 8.24. The Kier molecular flexibility index (Phi) is 4.02. The molecule has 6 heteroatoms. The number of thioether (sulfide) groups is 1. The molecule has 3 rings (SSSR count). The molecule has 0 aromatic heterocycles. The van der Waals surface area contributed by atoms with Crippen LogP contribution in [0.2, 0.25) is 0 Å². The van der Waals surface area contributed by atoms with Crippen LogP contribution < -0.4 is 16.0 Å². The molecule has 5 nitrogen and oxygen atoms in total. The minimum Gasteiger partial charge on any atom is -0.324 e. The number of para-hydroxylation sites is 1. The van der Waals surface area contributed by atoms with Gasteiger partial charge in [-0.05, 0) is 37.3 Å². The molecule has 1 aliphatic heterocycles. The van der Waals surface area contributed by atoms with Gasteiger partial charge in [-0.3, -0.25) is 4.79 Å². The van der Waals surface area contributed by atoms with Gasteiger partial charge in [0.1, 0.15) is 0 Å². The van der Waals surface area contributed by atoms with Crippen molar-refractivity contribution in [2.75, 3.05) is 16.0 Å². The molecule has 1 atom stereocenters. The Labute approximate surface area is 132 Å². The van der Waals surface area contributed by atoms with E-state index in [1.165, 1.54) is 11.8 Å². The first-order valence-corrected chi connectivity index (χ1v) is 7.74. The summed E-state index contributed by atoms with van der Waals surface area (Å²) in [6.45, 7) is 1.86. The summed E-state index contributed by atoms with van der Waals surface area (Å²) < 4.78 is 0. The summed E-state index contributed by atoms with van der Waals surface area (Å²) in [6.07, 6.45) is 0. The summed E-state index contributed by atoms with van der Waals surface area (Å²) >= 11 is 1.51. The SMILES string of the molecule is CC1Sc2ccc(NC(=O)Nc3ccccc3)cc2NC1=O. The van der Waals surface area contributed by atoms with Crippen molar-refractivity contribution in [3.05, 3.63) is 48.5 Å². The molecule has 0 aliphatic carbocycles. The van der Waals surface area contributed by atoms with Crippen molar-refractivity contribution < 1.29 is 9.59 Å². The highest BCUT2D eigenvalue weighted by Crippen LogP contribution is 2.36. The number of amides is 3. The van der Waals surface area contributed by atoms with E-state index in [1.807, 2.05) is 49.4 Å². The highest BCUT2D eigenvalue weighted by atomic mass is 32.2. The highest BCUT2D eigenvalue weighted by molar-refractivity contribution is 8.00. The predicted octanol–water partition coefficient (Wildman–Crippen LogP) is 3.76. The second-order valence-corrected chi connectivity index (χ2v) is 6.29. The van der Waals surface area contributed by atoms with Crippen molar-refractivity contribution >= 4 is 40.8 Å². The van der Waals surface area contributed by atoms with Crippen LogP contribution in [0.3, 0.4) is 0 Å². The van der Waals surface area contributed by atoms with E-state index in [9.17, 15) is 9.59 Å². The number of nitrogens with one attached hydrogen (secondary N) is 3. The normalized spacial score (nSPS) is 16.4. The number of rotatable bonds is 2. The fourth-order valence-corrected chi connectivity index (χ4v) is 3.03. The molecule has 22 heavy (non-hydrogen) atoms. The minimum absolute atomic E-state index is 0.0246. The zero-order chi connectivity index (χ0) is 15.5. The molecule has 0 saturated heterocycles. The van der Waals surface area contributed by atoms with E-state index in [1.54, 1.807) is 6.07 Å². The molecule has 0 bridgehead atoms. The van der Waals surface area contributed by atoms with E-state index >= 15 is 0 Å². The van der Waals surface area contributed by atoms with Crippen LogP contribution in [-0.4, -0.2) is 17.2 Å². The molecule has 0 saturated carbocycles. The van der Waals surface area contributed by atoms with Gasteiger partial charge in [0.15, 0.2) is 0 Å². The lowest BCUT2D eigenvalue weighted by Gasteiger charge is -2.22. The zero-order valence-corrected chi connectivity index (χ0v) is 12.7. The van der Waals surface area contributed by atoms with Gasteiger partial charge in [-0.25, -0.2) is 4.79 Å². The molecule has 3 amide bonds. The number of carbonyl (C=O) groups excluding carboxylic acids is 2. The summed E-state index contributed by atoms with van der Waals surface area (Å²) in [6, 6.07) is 14.4. The summed E-state index contributed by atoms with van der Waals surface area (Å²) in [5.74, 6) is -0.0246.